The molecular formula is C16H18BrNS. The van der Waals surface area contributed by atoms with Crippen LogP contribution in [-0.4, -0.2) is 12.3 Å². The molecule has 0 saturated carbocycles. The van der Waals surface area contributed by atoms with Crippen molar-refractivity contribution in [1.29, 1.82) is 0 Å². The lowest BCUT2D eigenvalue weighted by molar-refractivity contribution is 1.22. The summed E-state index contributed by atoms with van der Waals surface area (Å²) in [7, 11) is 0. The van der Waals surface area contributed by atoms with Gasteiger partial charge < -0.3 is 5.32 Å². The number of hydrogen-bond acceptors (Lipinski definition) is 2. The van der Waals surface area contributed by atoms with Crippen molar-refractivity contribution < 1.29 is 0 Å². The summed E-state index contributed by atoms with van der Waals surface area (Å²) in [5.74, 6) is 2.20. The number of halogens is 1. The van der Waals surface area contributed by atoms with E-state index in [1.807, 2.05) is 11.8 Å². The van der Waals surface area contributed by atoms with Crippen molar-refractivity contribution in [2.75, 3.05) is 17.6 Å². The van der Waals surface area contributed by atoms with Crippen molar-refractivity contribution in [2.24, 2.45) is 0 Å². The summed E-state index contributed by atoms with van der Waals surface area (Å²) in [6.45, 7) is 3.14. The standard InChI is InChI=1S/C16H18BrNS/c1-13-3-2-4-14(11-13)12-19-10-9-18-16-7-5-15(17)6-8-16/h2-8,11,18H,9-10,12H2,1H3. The number of benzene rings is 2. The highest BCUT2D eigenvalue weighted by Crippen LogP contribution is 2.15. The zero-order valence-electron chi connectivity index (χ0n) is 11.0. The average Bonchev–Trinajstić information content (AvgIpc) is 2.41. The minimum Gasteiger partial charge on any atom is -0.384 e. The van der Waals surface area contributed by atoms with Gasteiger partial charge in [0.05, 0.1) is 0 Å². The van der Waals surface area contributed by atoms with Crippen molar-refractivity contribution in [3.8, 4) is 0 Å². The Balaban J connectivity index is 1.66. The summed E-state index contributed by atoms with van der Waals surface area (Å²) in [5, 5.41) is 3.43. The van der Waals surface area contributed by atoms with Crippen molar-refractivity contribution in [1.82, 2.24) is 0 Å². The van der Waals surface area contributed by atoms with Gasteiger partial charge in [-0.05, 0) is 36.8 Å². The first kappa shape index (κ1) is 14.5. The molecule has 0 fully saturated rings. The molecular weight excluding hydrogens is 318 g/mol. The summed E-state index contributed by atoms with van der Waals surface area (Å²) in [6.07, 6.45) is 0. The molecule has 0 heterocycles. The molecule has 2 aromatic carbocycles. The smallest absolute Gasteiger partial charge is 0.0341 e. The Bertz CT molecular complexity index is 510. The third kappa shape index (κ3) is 5.29. The van der Waals surface area contributed by atoms with Gasteiger partial charge in [-0.3, -0.25) is 0 Å². The van der Waals surface area contributed by atoms with E-state index < -0.39 is 0 Å². The number of anilines is 1. The van der Waals surface area contributed by atoms with E-state index >= 15 is 0 Å². The van der Waals surface area contributed by atoms with E-state index in [4.69, 9.17) is 0 Å². The van der Waals surface area contributed by atoms with E-state index in [0.29, 0.717) is 0 Å². The van der Waals surface area contributed by atoms with Crippen LogP contribution in [0, 0.1) is 6.92 Å². The highest BCUT2D eigenvalue weighted by atomic mass is 79.9. The Morgan fingerprint density at radius 3 is 2.63 bits per heavy atom. The summed E-state index contributed by atoms with van der Waals surface area (Å²) >= 11 is 5.40. The first-order valence-electron chi connectivity index (χ1n) is 6.37. The van der Waals surface area contributed by atoms with E-state index in [1.165, 1.54) is 16.8 Å². The van der Waals surface area contributed by atoms with E-state index in [9.17, 15) is 0 Å². The molecule has 19 heavy (non-hydrogen) atoms. The van der Waals surface area contributed by atoms with Crippen LogP contribution >= 0.6 is 27.7 Å². The van der Waals surface area contributed by atoms with Crippen LogP contribution in [0.5, 0.6) is 0 Å². The molecule has 0 aliphatic heterocycles. The van der Waals surface area contributed by atoms with E-state index in [-0.39, 0.29) is 0 Å². The van der Waals surface area contributed by atoms with E-state index in [2.05, 4.69) is 76.7 Å². The molecule has 0 aliphatic carbocycles. The predicted octanol–water partition coefficient (Wildman–Crippen LogP) is 5.10. The fraction of sp³-hybridized carbons (Fsp3) is 0.250. The number of nitrogens with one attached hydrogen (secondary N) is 1. The lowest BCUT2D eigenvalue weighted by Crippen LogP contribution is -2.03. The van der Waals surface area contributed by atoms with Crippen LogP contribution in [0.1, 0.15) is 11.1 Å². The lowest BCUT2D eigenvalue weighted by atomic mass is 10.2. The van der Waals surface area contributed by atoms with Gasteiger partial charge in [-0.25, -0.2) is 0 Å². The monoisotopic (exact) mass is 335 g/mol. The quantitative estimate of drug-likeness (QED) is 0.736. The second kappa shape index (κ2) is 7.61. The third-order valence-corrected chi connectivity index (χ3v) is 4.33. The Hall–Kier alpha value is -0.930. The minimum absolute atomic E-state index is 0.998. The molecule has 100 valence electrons. The Morgan fingerprint density at radius 2 is 1.89 bits per heavy atom. The summed E-state index contributed by atoms with van der Waals surface area (Å²) in [5.41, 5.74) is 3.93. The number of hydrogen-bond donors (Lipinski definition) is 1. The van der Waals surface area contributed by atoms with Crippen LogP contribution in [-0.2, 0) is 5.75 Å². The summed E-state index contributed by atoms with van der Waals surface area (Å²) in [4.78, 5) is 0. The molecule has 1 nitrogen and oxygen atoms in total. The molecule has 2 aromatic rings. The van der Waals surface area contributed by atoms with Gasteiger partial charge in [-0.1, -0.05) is 45.8 Å². The van der Waals surface area contributed by atoms with E-state index in [1.54, 1.807) is 0 Å². The van der Waals surface area contributed by atoms with Crippen LogP contribution in [0.15, 0.2) is 53.0 Å². The van der Waals surface area contributed by atoms with Crippen LogP contribution in [0.3, 0.4) is 0 Å². The fourth-order valence-corrected chi connectivity index (χ4v) is 2.90. The molecule has 0 radical (unpaired) electrons. The molecule has 0 bridgehead atoms. The second-order valence-electron chi connectivity index (χ2n) is 4.48. The summed E-state index contributed by atoms with van der Waals surface area (Å²) in [6, 6.07) is 17.0. The second-order valence-corrected chi connectivity index (χ2v) is 6.50. The SMILES string of the molecule is Cc1cccc(CSCCNc2ccc(Br)cc2)c1. The first-order valence-corrected chi connectivity index (χ1v) is 8.31. The Kier molecular flexibility index (Phi) is 5.80. The maximum Gasteiger partial charge on any atom is 0.0341 e. The van der Waals surface area contributed by atoms with Gasteiger partial charge in [-0.2, -0.15) is 11.8 Å². The molecule has 0 aliphatic rings. The average molecular weight is 336 g/mol. The Labute approximate surface area is 127 Å². The maximum atomic E-state index is 3.44. The zero-order chi connectivity index (χ0) is 13.5. The topological polar surface area (TPSA) is 12.0 Å². The minimum atomic E-state index is 0.998. The number of aryl methyl sites for hydroxylation is 1. The van der Waals surface area contributed by atoms with Gasteiger partial charge >= 0.3 is 0 Å². The molecule has 2 rings (SSSR count). The molecule has 0 amide bonds. The largest absolute Gasteiger partial charge is 0.384 e. The van der Waals surface area contributed by atoms with Crippen LogP contribution < -0.4 is 5.32 Å². The van der Waals surface area contributed by atoms with Gasteiger partial charge in [0.25, 0.3) is 0 Å². The van der Waals surface area contributed by atoms with Gasteiger partial charge in [0.2, 0.25) is 0 Å². The highest BCUT2D eigenvalue weighted by molar-refractivity contribution is 9.10. The molecule has 3 heteroatoms. The number of thioether (sulfide) groups is 1. The van der Waals surface area contributed by atoms with Crippen LogP contribution in [0.2, 0.25) is 0 Å². The van der Waals surface area contributed by atoms with Gasteiger partial charge in [0, 0.05) is 28.2 Å². The zero-order valence-corrected chi connectivity index (χ0v) is 13.4. The predicted molar refractivity (Wildman–Crippen MR) is 90.0 cm³/mol. The van der Waals surface area contributed by atoms with E-state index in [0.717, 1.165) is 22.5 Å². The number of rotatable bonds is 6. The molecule has 0 saturated heterocycles. The van der Waals surface area contributed by atoms with Gasteiger partial charge in [0.1, 0.15) is 0 Å². The van der Waals surface area contributed by atoms with Crippen molar-refractivity contribution in [3.63, 3.8) is 0 Å². The highest BCUT2D eigenvalue weighted by Gasteiger charge is 1.95. The molecule has 0 atom stereocenters. The Morgan fingerprint density at radius 1 is 1.11 bits per heavy atom. The third-order valence-electron chi connectivity index (χ3n) is 2.77. The molecule has 0 unspecified atom stereocenters. The van der Waals surface area contributed by atoms with Crippen LogP contribution in [0.4, 0.5) is 5.69 Å². The van der Waals surface area contributed by atoms with Crippen molar-refractivity contribution in [2.45, 2.75) is 12.7 Å². The normalized spacial score (nSPS) is 10.4. The first-order chi connectivity index (χ1) is 9.24. The van der Waals surface area contributed by atoms with Crippen molar-refractivity contribution >= 4 is 33.4 Å². The van der Waals surface area contributed by atoms with Gasteiger partial charge in [-0.15, -0.1) is 0 Å². The van der Waals surface area contributed by atoms with Crippen LogP contribution in [0.25, 0.3) is 0 Å². The molecule has 0 aromatic heterocycles. The maximum absolute atomic E-state index is 3.44. The van der Waals surface area contributed by atoms with Crippen molar-refractivity contribution in [3.05, 3.63) is 64.1 Å². The fourth-order valence-electron chi connectivity index (χ4n) is 1.83. The molecule has 1 N–H and O–H groups in total. The summed E-state index contributed by atoms with van der Waals surface area (Å²) < 4.78 is 1.12. The molecule has 0 spiro atoms. The lowest BCUT2D eigenvalue weighted by Gasteiger charge is -2.06. The van der Waals surface area contributed by atoms with Gasteiger partial charge in [0.15, 0.2) is 0 Å².